The maximum absolute atomic E-state index is 2.20. The molecule has 0 amide bonds. The van der Waals surface area contributed by atoms with Crippen molar-refractivity contribution in [1.29, 1.82) is 0 Å². The van der Waals surface area contributed by atoms with Gasteiger partial charge in [-0.3, -0.25) is 0 Å². The fourth-order valence-corrected chi connectivity index (χ4v) is 1.62. The first-order valence-corrected chi connectivity index (χ1v) is 4.95. The van der Waals surface area contributed by atoms with Crippen molar-refractivity contribution in [2.75, 3.05) is 0 Å². The first-order valence-electron chi connectivity index (χ1n) is 4.95. The van der Waals surface area contributed by atoms with E-state index in [1.165, 1.54) is 16.7 Å². The normalized spacial score (nSPS) is 9.40. The van der Waals surface area contributed by atoms with Gasteiger partial charge in [0.25, 0.3) is 0 Å². The second-order valence-electron chi connectivity index (χ2n) is 3.59. The van der Waals surface area contributed by atoms with Crippen LogP contribution in [0.25, 0.3) is 0 Å². The minimum atomic E-state index is 0. The summed E-state index contributed by atoms with van der Waals surface area (Å²) in [6, 6.07) is 19.1. The van der Waals surface area contributed by atoms with Gasteiger partial charge >= 0.3 is 0 Å². The van der Waals surface area contributed by atoms with Crippen LogP contribution in [-0.4, -0.2) is 23.9 Å². The Bertz CT molecular complexity index is 407. The average Bonchev–Trinajstić information content (AvgIpc) is 2.23. The summed E-state index contributed by atoms with van der Waals surface area (Å²) in [5.41, 5.74) is 4.16. The van der Waals surface area contributed by atoms with Crippen molar-refractivity contribution in [2.45, 2.75) is 13.3 Å². The Balaban J connectivity index is 0.00000112. The molecule has 2 rings (SSSR count). The molecule has 0 saturated heterocycles. The van der Waals surface area contributed by atoms with Gasteiger partial charge in [0.15, 0.2) is 0 Å². The van der Waals surface area contributed by atoms with Crippen molar-refractivity contribution in [3.8, 4) is 0 Å². The molecular weight excluding hydrogens is 287 g/mol. The fraction of sp³-hybridized carbons (Fsp3) is 0.143. The maximum atomic E-state index is 2.20. The summed E-state index contributed by atoms with van der Waals surface area (Å²) < 4.78 is 0. The van der Waals surface area contributed by atoms with Gasteiger partial charge in [0, 0.05) is 23.9 Å². The molecule has 0 saturated carbocycles. The van der Waals surface area contributed by atoms with Crippen LogP contribution < -0.4 is 0 Å². The molecule has 0 aliphatic heterocycles. The Morgan fingerprint density at radius 3 is 2.07 bits per heavy atom. The van der Waals surface area contributed by atoms with Gasteiger partial charge in [-0.2, -0.15) is 0 Å². The number of aryl methyl sites for hydroxylation is 1. The molecule has 0 aromatic heterocycles. The molecule has 74 valence electrons. The van der Waals surface area contributed by atoms with E-state index in [0.717, 1.165) is 6.42 Å². The summed E-state index contributed by atoms with van der Waals surface area (Å²) >= 11 is 0. The molecule has 0 heterocycles. The summed E-state index contributed by atoms with van der Waals surface area (Å²) in [7, 11) is 0. The zero-order valence-electron chi connectivity index (χ0n) is 8.90. The van der Waals surface area contributed by atoms with Crippen molar-refractivity contribution >= 4 is 23.9 Å². The first-order chi connectivity index (χ1) is 6.86. The molecule has 0 fully saturated rings. The molecule has 1 heteroatoms. The molecule has 0 atom stereocenters. The third-order valence-corrected chi connectivity index (χ3v) is 2.50. The van der Waals surface area contributed by atoms with E-state index in [-0.39, 0.29) is 23.9 Å². The van der Waals surface area contributed by atoms with Crippen molar-refractivity contribution in [2.24, 2.45) is 0 Å². The van der Waals surface area contributed by atoms with Gasteiger partial charge in [-0.25, -0.2) is 0 Å². The van der Waals surface area contributed by atoms with Gasteiger partial charge < -0.3 is 0 Å². The third kappa shape index (κ3) is 3.38. The predicted octanol–water partition coefficient (Wildman–Crippen LogP) is 3.21. The molecule has 15 heavy (non-hydrogen) atoms. The Morgan fingerprint density at radius 1 is 0.800 bits per heavy atom. The van der Waals surface area contributed by atoms with E-state index >= 15 is 0 Å². The van der Waals surface area contributed by atoms with Crippen LogP contribution in [0.5, 0.6) is 0 Å². The Hall–Kier alpha value is -0.761. The minimum absolute atomic E-state index is 0. The van der Waals surface area contributed by atoms with Crippen LogP contribution in [0.1, 0.15) is 16.7 Å². The van der Waals surface area contributed by atoms with Gasteiger partial charge in [0.05, 0.1) is 0 Å². The standard InChI is InChI=1S/C14H14.Sn/c1-12-7-5-6-10-14(12)11-13-8-3-2-4-9-13;/h2-10H,11H2,1H3;. The maximum Gasteiger partial charge on any atom is 0 e. The summed E-state index contributed by atoms with van der Waals surface area (Å²) in [5, 5.41) is 0. The van der Waals surface area contributed by atoms with Crippen LogP contribution in [0.2, 0.25) is 0 Å². The van der Waals surface area contributed by atoms with E-state index in [1.54, 1.807) is 0 Å². The second-order valence-corrected chi connectivity index (χ2v) is 3.59. The van der Waals surface area contributed by atoms with Crippen LogP contribution in [0.4, 0.5) is 0 Å². The van der Waals surface area contributed by atoms with Crippen molar-refractivity contribution < 1.29 is 0 Å². The molecular formula is C14H14Sn. The monoisotopic (exact) mass is 302 g/mol. The van der Waals surface area contributed by atoms with Crippen LogP contribution in [0.3, 0.4) is 0 Å². The van der Waals surface area contributed by atoms with Gasteiger partial charge in [0.2, 0.25) is 0 Å². The van der Waals surface area contributed by atoms with Crippen LogP contribution in [0.15, 0.2) is 54.6 Å². The van der Waals surface area contributed by atoms with Crippen molar-refractivity contribution in [3.05, 3.63) is 71.3 Å². The SMILES string of the molecule is Cc1ccccc1Cc1ccccc1.[Sn]. The molecule has 2 aromatic rings. The van der Waals surface area contributed by atoms with Gasteiger partial charge in [-0.05, 0) is 30.0 Å². The summed E-state index contributed by atoms with van der Waals surface area (Å²) in [6.45, 7) is 2.16. The van der Waals surface area contributed by atoms with Crippen LogP contribution >= 0.6 is 0 Å². The van der Waals surface area contributed by atoms with Crippen molar-refractivity contribution in [3.63, 3.8) is 0 Å². The molecule has 0 spiro atoms. The summed E-state index contributed by atoms with van der Waals surface area (Å²) in [4.78, 5) is 0. The number of rotatable bonds is 2. The molecule has 0 N–H and O–H groups in total. The second kappa shape index (κ2) is 5.96. The zero-order valence-corrected chi connectivity index (χ0v) is 11.8. The summed E-state index contributed by atoms with van der Waals surface area (Å²) in [6.07, 6.45) is 1.04. The summed E-state index contributed by atoms with van der Waals surface area (Å²) in [5.74, 6) is 0. The molecule has 0 unspecified atom stereocenters. The molecule has 0 aliphatic carbocycles. The zero-order chi connectivity index (χ0) is 9.80. The van der Waals surface area contributed by atoms with Gasteiger partial charge in [-0.15, -0.1) is 0 Å². The smallest absolute Gasteiger partial charge is 0 e. The van der Waals surface area contributed by atoms with E-state index < -0.39 is 0 Å². The Kier molecular flexibility index (Phi) is 4.89. The number of benzene rings is 2. The molecule has 4 radical (unpaired) electrons. The average molecular weight is 301 g/mol. The number of hydrogen-bond donors (Lipinski definition) is 0. The van der Waals surface area contributed by atoms with Gasteiger partial charge in [-0.1, -0.05) is 54.6 Å². The van der Waals surface area contributed by atoms with E-state index in [0.29, 0.717) is 0 Å². The minimum Gasteiger partial charge on any atom is -0.0622 e. The molecule has 2 aromatic carbocycles. The Labute approximate surface area is 108 Å². The fourth-order valence-electron chi connectivity index (χ4n) is 1.62. The van der Waals surface area contributed by atoms with Crippen molar-refractivity contribution in [1.82, 2.24) is 0 Å². The first kappa shape index (κ1) is 12.3. The topological polar surface area (TPSA) is 0 Å². The van der Waals surface area contributed by atoms with Crippen LogP contribution in [-0.2, 0) is 6.42 Å². The molecule has 0 aliphatic rings. The Morgan fingerprint density at radius 2 is 1.40 bits per heavy atom. The number of hydrogen-bond acceptors (Lipinski definition) is 0. The molecule has 0 bridgehead atoms. The third-order valence-electron chi connectivity index (χ3n) is 2.50. The van der Waals surface area contributed by atoms with E-state index in [1.807, 2.05) is 0 Å². The van der Waals surface area contributed by atoms with E-state index in [9.17, 15) is 0 Å². The van der Waals surface area contributed by atoms with Crippen LogP contribution in [0, 0.1) is 6.92 Å². The van der Waals surface area contributed by atoms with E-state index in [4.69, 9.17) is 0 Å². The predicted molar refractivity (Wildman–Crippen MR) is 66.2 cm³/mol. The van der Waals surface area contributed by atoms with Gasteiger partial charge in [0.1, 0.15) is 0 Å². The quantitative estimate of drug-likeness (QED) is 0.747. The largest absolute Gasteiger partial charge is 0.0622 e. The molecule has 0 nitrogen and oxygen atoms in total. The van der Waals surface area contributed by atoms with E-state index in [2.05, 4.69) is 61.5 Å².